The molecular formula is C16H21NO3S. The molecule has 1 aromatic rings. The molecule has 0 aliphatic heterocycles. The van der Waals surface area contributed by atoms with Gasteiger partial charge in [0.1, 0.15) is 6.61 Å². The molecule has 0 radical (unpaired) electrons. The van der Waals surface area contributed by atoms with Crippen molar-refractivity contribution in [1.29, 1.82) is 0 Å². The summed E-state index contributed by atoms with van der Waals surface area (Å²) < 4.78 is 27.4. The number of aryl methyl sites for hydroxylation is 1. The fourth-order valence-electron chi connectivity index (χ4n) is 2.58. The number of aliphatic hydroxyl groups is 1. The minimum atomic E-state index is -3.33. The highest BCUT2D eigenvalue weighted by Crippen LogP contribution is 2.25. The Morgan fingerprint density at radius 2 is 2.00 bits per heavy atom. The van der Waals surface area contributed by atoms with Crippen molar-refractivity contribution in [3.8, 4) is 11.8 Å². The van der Waals surface area contributed by atoms with E-state index in [0.717, 1.165) is 43.2 Å². The molecule has 0 heterocycles. The van der Waals surface area contributed by atoms with Crippen LogP contribution in [0.2, 0.25) is 0 Å². The normalized spacial score (nSPS) is 16.1. The standard InChI is InChI=1S/C16H21NO3S/c1-13-9-10-15(12-14(13)6-5-11-18)17-21(19,20)16-7-3-2-4-8-16/h9-10,12,16-18H,2-4,7-8,11H2,1H3. The van der Waals surface area contributed by atoms with Crippen LogP contribution in [0.15, 0.2) is 18.2 Å². The largest absolute Gasteiger partial charge is 0.384 e. The number of benzene rings is 1. The number of rotatable bonds is 3. The molecule has 0 amide bonds. The molecule has 0 spiro atoms. The molecule has 4 nitrogen and oxygen atoms in total. The maximum Gasteiger partial charge on any atom is 0.235 e. The van der Waals surface area contributed by atoms with E-state index < -0.39 is 10.0 Å². The van der Waals surface area contributed by atoms with Crippen molar-refractivity contribution in [2.24, 2.45) is 0 Å². The first kappa shape index (κ1) is 15.9. The zero-order valence-corrected chi connectivity index (χ0v) is 13.0. The molecule has 1 fully saturated rings. The van der Waals surface area contributed by atoms with Gasteiger partial charge in [0, 0.05) is 11.3 Å². The number of anilines is 1. The Morgan fingerprint density at radius 1 is 1.29 bits per heavy atom. The van der Waals surface area contributed by atoms with E-state index in [1.807, 2.05) is 13.0 Å². The predicted octanol–water partition coefficient (Wildman–Crippen LogP) is 2.41. The van der Waals surface area contributed by atoms with E-state index in [4.69, 9.17) is 5.11 Å². The Bertz CT molecular complexity index is 650. The molecule has 2 N–H and O–H groups in total. The summed E-state index contributed by atoms with van der Waals surface area (Å²) in [5.41, 5.74) is 2.22. The van der Waals surface area contributed by atoms with E-state index in [2.05, 4.69) is 16.6 Å². The lowest BCUT2D eigenvalue weighted by Gasteiger charge is -2.22. The molecule has 1 aliphatic carbocycles. The van der Waals surface area contributed by atoms with Crippen molar-refractivity contribution < 1.29 is 13.5 Å². The zero-order chi connectivity index (χ0) is 15.3. The lowest BCUT2D eigenvalue weighted by Crippen LogP contribution is -2.29. The van der Waals surface area contributed by atoms with Crippen LogP contribution >= 0.6 is 0 Å². The van der Waals surface area contributed by atoms with Crippen LogP contribution in [-0.4, -0.2) is 25.4 Å². The fourth-order valence-corrected chi connectivity index (χ4v) is 4.15. The van der Waals surface area contributed by atoms with Crippen molar-refractivity contribution in [3.05, 3.63) is 29.3 Å². The van der Waals surface area contributed by atoms with E-state index in [9.17, 15) is 8.42 Å². The third-order valence-corrected chi connectivity index (χ3v) is 5.66. The third-order valence-electron chi connectivity index (χ3n) is 3.79. The molecule has 0 unspecified atom stereocenters. The molecule has 1 saturated carbocycles. The minimum absolute atomic E-state index is 0.211. The molecule has 2 rings (SSSR count). The van der Waals surface area contributed by atoms with E-state index >= 15 is 0 Å². The van der Waals surface area contributed by atoms with Gasteiger partial charge >= 0.3 is 0 Å². The van der Waals surface area contributed by atoms with Gasteiger partial charge in [-0.05, 0) is 37.5 Å². The summed E-state index contributed by atoms with van der Waals surface area (Å²) >= 11 is 0. The van der Waals surface area contributed by atoms with Crippen LogP contribution in [0.3, 0.4) is 0 Å². The highest BCUT2D eigenvalue weighted by atomic mass is 32.2. The maximum atomic E-state index is 12.4. The molecule has 0 aromatic heterocycles. The van der Waals surface area contributed by atoms with Gasteiger partial charge in [0.2, 0.25) is 10.0 Å². The van der Waals surface area contributed by atoms with Gasteiger partial charge in [-0.1, -0.05) is 37.2 Å². The minimum Gasteiger partial charge on any atom is -0.384 e. The van der Waals surface area contributed by atoms with Crippen molar-refractivity contribution in [2.45, 2.75) is 44.3 Å². The summed E-state index contributed by atoms with van der Waals surface area (Å²) in [6.07, 6.45) is 4.55. The second-order valence-corrected chi connectivity index (χ2v) is 7.36. The predicted molar refractivity (Wildman–Crippen MR) is 84.6 cm³/mol. The topological polar surface area (TPSA) is 66.4 Å². The summed E-state index contributed by atoms with van der Waals surface area (Å²) in [5, 5.41) is 8.47. The van der Waals surface area contributed by atoms with Gasteiger partial charge in [-0.25, -0.2) is 8.42 Å². The number of sulfonamides is 1. The van der Waals surface area contributed by atoms with Gasteiger partial charge in [-0.3, -0.25) is 4.72 Å². The lowest BCUT2D eigenvalue weighted by atomic mass is 10.0. The van der Waals surface area contributed by atoms with Crippen molar-refractivity contribution in [2.75, 3.05) is 11.3 Å². The van der Waals surface area contributed by atoms with Crippen LogP contribution in [0, 0.1) is 18.8 Å². The Morgan fingerprint density at radius 3 is 2.67 bits per heavy atom. The van der Waals surface area contributed by atoms with Gasteiger partial charge in [0.15, 0.2) is 0 Å². The summed E-state index contributed by atoms with van der Waals surface area (Å²) in [5.74, 6) is 5.42. The Hall–Kier alpha value is -1.51. The first-order valence-electron chi connectivity index (χ1n) is 7.25. The van der Waals surface area contributed by atoms with Crippen LogP contribution in [-0.2, 0) is 10.0 Å². The molecule has 0 bridgehead atoms. The number of nitrogens with one attached hydrogen (secondary N) is 1. The Balaban J connectivity index is 2.18. The van der Waals surface area contributed by atoms with Gasteiger partial charge in [0.25, 0.3) is 0 Å². The van der Waals surface area contributed by atoms with Gasteiger partial charge in [-0.2, -0.15) is 0 Å². The summed E-state index contributed by atoms with van der Waals surface area (Å²) in [6, 6.07) is 5.30. The first-order valence-corrected chi connectivity index (χ1v) is 8.79. The maximum absolute atomic E-state index is 12.4. The quantitative estimate of drug-likeness (QED) is 0.843. The molecule has 114 valence electrons. The number of hydrogen-bond donors (Lipinski definition) is 2. The van der Waals surface area contributed by atoms with Crippen LogP contribution in [0.5, 0.6) is 0 Å². The monoisotopic (exact) mass is 307 g/mol. The zero-order valence-electron chi connectivity index (χ0n) is 12.2. The van der Waals surface area contributed by atoms with E-state index in [-0.39, 0.29) is 11.9 Å². The SMILES string of the molecule is Cc1ccc(NS(=O)(=O)C2CCCCC2)cc1C#CCO. The number of hydrogen-bond acceptors (Lipinski definition) is 3. The molecule has 0 saturated heterocycles. The first-order chi connectivity index (χ1) is 10.0. The van der Waals surface area contributed by atoms with Crippen molar-refractivity contribution >= 4 is 15.7 Å². The summed E-state index contributed by atoms with van der Waals surface area (Å²) in [4.78, 5) is 0. The van der Waals surface area contributed by atoms with Crippen LogP contribution in [0.1, 0.15) is 43.2 Å². The summed E-state index contributed by atoms with van der Waals surface area (Å²) in [6.45, 7) is 1.69. The molecule has 5 heteroatoms. The van der Waals surface area contributed by atoms with Crippen LogP contribution in [0.25, 0.3) is 0 Å². The lowest BCUT2D eigenvalue weighted by molar-refractivity contribution is 0.350. The smallest absolute Gasteiger partial charge is 0.235 e. The van der Waals surface area contributed by atoms with Crippen LogP contribution in [0.4, 0.5) is 5.69 Å². The highest BCUT2D eigenvalue weighted by Gasteiger charge is 2.27. The van der Waals surface area contributed by atoms with Gasteiger partial charge in [-0.15, -0.1) is 0 Å². The van der Waals surface area contributed by atoms with E-state index in [0.29, 0.717) is 5.69 Å². The highest BCUT2D eigenvalue weighted by molar-refractivity contribution is 7.93. The van der Waals surface area contributed by atoms with Gasteiger partial charge < -0.3 is 5.11 Å². The molecule has 1 aliphatic rings. The fraction of sp³-hybridized carbons (Fsp3) is 0.500. The van der Waals surface area contributed by atoms with E-state index in [1.165, 1.54) is 0 Å². The Labute approximate surface area is 126 Å². The van der Waals surface area contributed by atoms with Crippen molar-refractivity contribution in [3.63, 3.8) is 0 Å². The summed E-state index contributed by atoms with van der Waals surface area (Å²) in [7, 11) is -3.33. The molecule has 1 aromatic carbocycles. The molecular weight excluding hydrogens is 286 g/mol. The van der Waals surface area contributed by atoms with Crippen LogP contribution < -0.4 is 4.72 Å². The van der Waals surface area contributed by atoms with Gasteiger partial charge in [0.05, 0.1) is 5.25 Å². The number of aliphatic hydroxyl groups excluding tert-OH is 1. The Kier molecular flexibility index (Phi) is 5.27. The second kappa shape index (κ2) is 6.97. The average Bonchev–Trinajstić information content (AvgIpc) is 2.48. The molecule has 21 heavy (non-hydrogen) atoms. The third kappa shape index (κ3) is 4.23. The van der Waals surface area contributed by atoms with Crippen molar-refractivity contribution in [1.82, 2.24) is 0 Å². The molecule has 0 atom stereocenters. The second-order valence-electron chi connectivity index (χ2n) is 5.40. The van der Waals surface area contributed by atoms with E-state index in [1.54, 1.807) is 12.1 Å². The average molecular weight is 307 g/mol.